The molecule has 2 atom stereocenters. The Balaban J connectivity index is 1.75. The Morgan fingerprint density at radius 3 is 1.87 bits per heavy atom. The minimum absolute atomic E-state index is 0.0200. The van der Waals surface area contributed by atoms with Crippen molar-refractivity contribution >= 4 is 23.4 Å². The highest BCUT2D eigenvalue weighted by Gasteiger charge is 2.37. The molecular formula is C31H31F6N3O6. The minimum atomic E-state index is -5.19. The zero-order chi connectivity index (χ0) is 33.7. The van der Waals surface area contributed by atoms with Gasteiger partial charge >= 0.3 is 12.4 Å². The molecule has 0 bridgehead atoms. The van der Waals surface area contributed by atoms with Crippen molar-refractivity contribution in [1.82, 2.24) is 11.0 Å². The first-order valence-electron chi connectivity index (χ1n) is 14.0. The summed E-state index contributed by atoms with van der Waals surface area (Å²) in [4.78, 5) is 49.2. The summed E-state index contributed by atoms with van der Waals surface area (Å²) in [5.41, 5.74) is 0.487. The van der Waals surface area contributed by atoms with Gasteiger partial charge in [0.05, 0.1) is 17.7 Å². The van der Waals surface area contributed by atoms with Crippen LogP contribution in [0.15, 0.2) is 78.9 Å². The maximum absolute atomic E-state index is 13.2. The molecular weight excluding hydrogens is 624 g/mol. The number of rotatable bonds is 15. The summed E-state index contributed by atoms with van der Waals surface area (Å²) in [7, 11) is 0. The van der Waals surface area contributed by atoms with E-state index in [0.717, 1.165) is 6.42 Å². The smallest absolute Gasteiger partial charge is 0.378 e. The maximum Gasteiger partial charge on any atom is 0.416 e. The molecule has 0 spiro atoms. The molecule has 0 aromatic heterocycles. The van der Waals surface area contributed by atoms with Crippen molar-refractivity contribution in [3.8, 4) is 0 Å². The number of hydrogen-bond acceptors (Lipinski definition) is 6. The average molecular weight is 656 g/mol. The summed E-state index contributed by atoms with van der Waals surface area (Å²) in [6, 6.07) is 17.4. The first-order chi connectivity index (χ1) is 21.8. The summed E-state index contributed by atoms with van der Waals surface area (Å²) < 4.78 is 84.9. The molecule has 3 rings (SSSR count). The monoisotopic (exact) mass is 655 g/mol. The standard InChI is InChI=1S/C31H31F6N3O6/c1-2-3-14-44-19-26(46-39-27(41)21-16-22(30(32,33)34)18-23(17-21)31(35,36)37)29(43)40-45-25(15-20-10-6-4-7-11-20)28(42)38-24-12-8-5-9-13-24/h4-13,16-18,25-26H,2-3,14-15,19H2,1H3,(H,38,42)(H,39,41)(H,40,43)/t25-,26+/m0/s1. The number of hydroxylamine groups is 2. The number of benzene rings is 3. The van der Waals surface area contributed by atoms with Crippen molar-refractivity contribution in [3.63, 3.8) is 0 Å². The number of ether oxygens (including phenoxy) is 1. The lowest BCUT2D eigenvalue weighted by Crippen LogP contribution is -2.46. The molecule has 0 aliphatic rings. The second-order valence-corrected chi connectivity index (χ2v) is 9.88. The molecule has 0 saturated carbocycles. The Labute approximate surface area is 260 Å². The number of para-hydroxylation sites is 1. The fourth-order valence-corrected chi connectivity index (χ4v) is 3.82. The van der Waals surface area contributed by atoms with Gasteiger partial charge in [0.25, 0.3) is 17.7 Å². The molecule has 0 aliphatic carbocycles. The lowest BCUT2D eigenvalue weighted by Gasteiger charge is -2.21. The van der Waals surface area contributed by atoms with Gasteiger partial charge in [-0.3, -0.25) is 24.1 Å². The third-order valence-electron chi connectivity index (χ3n) is 6.25. The van der Waals surface area contributed by atoms with Gasteiger partial charge in [-0.05, 0) is 42.3 Å². The normalized spacial score (nSPS) is 13.0. The van der Waals surface area contributed by atoms with Gasteiger partial charge in [0.2, 0.25) is 0 Å². The van der Waals surface area contributed by atoms with Crippen molar-refractivity contribution in [2.24, 2.45) is 0 Å². The number of halogens is 6. The van der Waals surface area contributed by atoms with E-state index in [1.165, 1.54) is 0 Å². The summed E-state index contributed by atoms with van der Waals surface area (Å²) in [6.07, 6.45) is -12.0. The Hall–Kier alpha value is -4.47. The van der Waals surface area contributed by atoms with Crippen LogP contribution in [0.3, 0.4) is 0 Å². The molecule has 0 aliphatic heterocycles. The van der Waals surface area contributed by atoms with Gasteiger partial charge in [0.15, 0.2) is 12.2 Å². The van der Waals surface area contributed by atoms with Gasteiger partial charge in [0, 0.05) is 24.3 Å². The molecule has 3 N–H and O–H groups in total. The molecule has 3 aromatic rings. The largest absolute Gasteiger partial charge is 0.416 e. The number of carbonyl (C=O) groups excluding carboxylic acids is 3. The number of unbranched alkanes of at least 4 members (excludes halogenated alkanes) is 1. The third-order valence-corrected chi connectivity index (χ3v) is 6.25. The molecule has 0 fully saturated rings. The highest BCUT2D eigenvalue weighted by Crippen LogP contribution is 2.36. The predicted molar refractivity (Wildman–Crippen MR) is 153 cm³/mol. The Kier molecular flexibility index (Phi) is 13.1. The summed E-state index contributed by atoms with van der Waals surface area (Å²) in [6.45, 7) is 1.54. The van der Waals surface area contributed by atoms with Gasteiger partial charge < -0.3 is 10.1 Å². The number of hydrogen-bond donors (Lipinski definition) is 3. The number of amides is 3. The van der Waals surface area contributed by atoms with Crippen molar-refractivity contribution in [1.29, 1.82) is 0 Å². The van der Waals surface area contributed by atoms with E-state index in [1.54, 1.807) is 66.1 Å². The van der Waals surface area contributed by atoms with Crippen LogP contribution in [0.5, 0.6) is 0 Å². The van der Waals surface area contributed by atoms with E-state index in [4.69, 9.17) is 14.4 Å². The van der Waals surface area contributed by atoms with Crippen LogP contribution in [-0.4, -0.2) is 43.1 Å². The fraction of sp³-hybridized carbons (Fsp3) is 0.323. The second kappa shape index (κ2) is 16.7. The molecule has 248 valence electrons. The van der Waals surface area contributed by atoms with Crippen LogP contribution in [-0.2, 0) is 42.8 Å². The van der Waals surface area contributed by atoms with E-state index < -0.39 is 65.6 Å². The van der Waals surface area contributed by atoms with Crippen LogP contribution in [0, 0.1) is 0 Å². The van der Waals surface area contributed by atoms with Crippen LogP contribution in [0.2, 0.25) is 0 Å². The predicted octanol–water partition coefficient (Wildman–Crippen LogP) is 5.87. The lowest BCUT2D eigenvalue weighted by molar-refractivity contribution is -0.161. The number of nitrogens with one attached hydrogen (secondary N) is 3. The molecule has 3 amide bonds. The highest BCUT2D eigenvalue weighted by molar-refractivity contribution is 5.95. The van der Waals surface area contributed by atoms with E-state index in [0.29, 0.717) is 17.7 Å². The van der Waals surface area contributed by atoms with Gasteiger partial charge in [0.1, 0.15) is 0 Å². The van der Waals surface area contributed by atoms with Gasteiger partial charge in [-0.25, -0.2) is 11.0 Å². The highest BCUT2D eigenvalue weighted by atomic mass is 19.4. The quantitative estimate of drug-likeness (QED) is 0.107. The molecule has 9 nitrogen and oxygen atoms in total. The molecule has 0 radical (unpaired) electrons. The van der Waals surface area contributed by atoms with Crippen LogP contribution in [0.1, 0.15) is 46.8 Å². The SMILES string of the molecule is CCCCOC[C@@H](ONC(=O)c1cc(C(F)(F)F)cc(C(F)(F)F)c1)C(=O)NO[C@@H](Cc1ccccc1)C(=O)Nc1ccccc1. The van der Waals surface area contributed by atoms with E-state index in [2.05, 4.69) is 10.8 Å². The van der Waals surface area contributed by atoms with Crippen molar-refractivity contribution < 1.29 is 55.1 Å². The van der Waals surface area contributed by atoms with Crippen molar-refractivity contribution in [2.75, 3.05) is 18.5 Å². The summed E-state index contributed by atoms with van der Waals surface area (Å²) in [5.74, 6) is -3.18. The lowest BCUT2D eigenvalue weighted by atomic mass is 10.0. The number of alkyl halides is 6. The number of anilines is 1. The van der Waals surface area contributed by atoms with Gasteiger partial charge in [-0.15, -0.1) is 0 Å². The minimum Gasteiger partial charge on any atom is -0.378 e. The molecule has 3 aromatic carbocycles. The van der Waals surface area contributed by atoms with Crippen molar-refractivity contribution in [2.45, 2.75) is 50.7 Å². The zero-order valence-corrected chi connectivity index (χ0v) is 24.4. The van der Waals surface area contributed by atoms with Crippen LogP contribution in [0.25, 0.3) is 0 Å². The average Bonchev–Trinajstić information content (AvgIpc) is 3.02. The van der Waals surface area contributed by atoms with E-state index in [-0.39, 0.29) is 31.2 Å². The van der Waals surface area contributed by atoms with Gasteiger partial charge in [-0.2, -0.15) is 26.3 Å². The van der Waals surface area contributed by atoms with Crippen LogP contribution < -0.4 is 16.3 Å². The topological polar surface area (TPSA) is 115 Å². The van der Waals surface area contributed by atoms with Crippen LogP contribution >= 0.6 is 0 Å². The van der Waals surface area contributed by atoms with E-state index in [9.17, 15) is 40.7 Å². The Morgan fingerprint density at radius 1 is 0.739 bits per heavy atom. The first-order valence-corrected chi connectivity index (χ1v) is 14.0. The van der Waals surface area contributed by atoms with Crippen LogP contribution in [0.4, 0.5) is 32.0 Å². The Morgan fingerprint density at radius 2 is 1.30 bits per heavy atom. The molecule has 0 heterocycles. The number of carbonyl (C=O) groups is 3. The molecule has 15 heteroatoms. The van der Waals surface area contributed by atoms with E-state index >= 15 is 0 Å². The zero-order valence-electron chi connectivity index (χ0n) is 24.4. The molecule has 0 saturated heterocycles. The molecule has 0 unspecified atom stereocenters. The maximum atomic E-state index is 13.2. The van der Waals surface area contributed by atoms with Crippen molar-refractivity contribution in [3.05, 3.63) is 101 Å². The Bertz CT molecular complexity index is 1410. The van der Waals surface area contributed by atoms with E-state index in [1.807, 2.05) is 6.92 Å². The second-order valence-electron chi connectivity index (χ2n) is 9.88. The third kappa shape index (κ3) is 11.5. The summed E-state index contributed by atoms with van der Waals surface area (Å²) in [5, 5.41) is 2.66. The van der Waals surface area contributed by atoms with Gasteiger partial charge in [-0.1, -0.05) is 61.9 Å². The fourth-order valence-electron chi connectivity index (χ4n) is 3.82. The summed E-state index contributed by atoms with van der Waals surface area (Å²) >= 11 is 0. The first kappa shape index (κ1) is 36.0. The molecule has 46 heavy (non-hydrogen) atoms.